The fourth-order valence-electron chi connectivity index (χ4n) is 25.9. The van der Waals surface area contributed by atoms with Gasteiger partial charge < -0.3 is 47.4 Å². The Bertz CT molecular complexity index is 5410. The molecular weight excluding hydrogens is 1950 g/mol. The van der Waals surface area contributed by atoms with E-state index >= 15 is 8.78 Å². The van der Waals surface area contributed by atoms with Crippen LogP contribution < -0.4 is 47.3 Å². The lowest BCUT2D eigenvalue weighted by Gasteiger charge is -2.44. The monoisotopic (exact) mass is 2120 g/mol. The summed E-state index contributed by atoms with van der Waals surface area (Å²) in [5.74, 6) is 10.4. The van der Waals surface area contributed by atoms with Crippen LogP contribution in [-0.2, 0) is 73.5 Å². The summed E-state index contributed by atoms with van der Waals surface area (Å²) in [6.45, 7) is 17.0. The van der Waals surface area contributed by atoms with Crippen LogP contribution in [0.3, 0.4) is 0 Å². The fourth-order valence-corrected chi connectivity index (χ4v) is 30.1. The van der Waals surface area contributed by atoms with E-state index in [1.54, 1.807) is 23.3 Å². The van der Waals surface area contributed by atoms with Crippen LogP contribution in [0, 0.1) is 0 Å². The third-order valence-electron chi connectivity index (χ3n) is 32.7. The maximum atomic E-state index is 15.0. The fraction of sp³-hybridized carbons (Fsp3) is 0.716. The van der Waals surface area contributed by atoms with Crippen molar-refractivity contribution in [1.82, 2.24) is 48.1 Å². The van der Waals surface area contributed by atoms with Crippen LogP contribution in [0.15, 0.2) is 121 Å². The molecule has 15 heterocycles. The summed E-state index contributed by atoms with van der Waals surface area (Å²) in [5, 5.41) is 0. The molecule has 25 rings (SSSR count). The third-order valence-corrected chi connectivity index (χ3v) is 36.5. The van der Waals surface area contributed by atoms with E-state index in [1.807, 2.05) is 24.3 Å². The number of ether oxygens (including phenoxy) is 10. The SMILES string of the molecule is C=S(C)(=O)N[C@H]1CCN2CCOc3ccccc3C3CCC(CC3)OCC12.CC1(C)CN2CCC[C@H](NS(C)(=O)=O)C2COC2CCC(CC2)c2ccccc2O1.CS(=O)(=O)N[C@H]1CCCCN2CCOc3ccccc3C3CCC(CC3)OCC12.CS(=O)(=O)N[C@H]1CCCN2CC(F)(F)Oc3ccccc3C3CCC(CC3)OCC12.C[C@H]1CN2CCC[C@H](NS(C)(=O)=O)C2COC2CCC(CC2)c2ccccc2O1. The molecule has 15 aliphatic heterocycles. The molecule has 145 heavy (non-hydrogen) atoms. The largest absolute Gasteiger partial charge is 0.492 e. The Balaban J connectivity index is 0.000000130. The van der Waals surface area contributed by atoms with Crippen LogP contribution in [0.4, 0.5) is 8.78 Å². The Labute approximate surface area is 864 Å². The number of nitrogens with one attached hydrogen (secondary N) is 5. The van der Waals surface area contributed by atoms with Crippen molar-refractivity contribution in [1.29, 1.82) is 0 Å². The molecule has 5 aromatic carbocycles. The van der Waals surface area contributed by atoms with Crippen molar-refractivity contribution >= 4 is 55.7 Å². The van der Waals surface area contributed by atoms with Gasteiger partial charge in [0.15, 0.2) is 0 Å². The van der Waals surface area contributed by atoms with Gasteiger partial charge in [0.1, 0.15) is 60.2 Å². The summed E-state index contributed by atoms with van der Waals surface area (Å²) in [6, 6.07) is 40.2. The van der Waals surface area contributed by atoms with Gasteiger partial charge in [0.25, 0.3) is 0 Å². The number of hydrogen-bond donors (Lipinski definition) is 5. The van der Waals surface area contributed by atoms with Crippen LogP contribution in [-0.4, -0.2) is 320 Å². The second kappa shape index (κ2) is 50.8. The number of hydrogen-bond acceptors (Lipinski definition) is 24. The Morgan fingerprint density at radius 3 is 0.959 bits per heavy atom. The van der Waals surface area contributed by atoms with Gasteiger partial charge in [-0.3, -0.25) is 28.7 Å². The molecule has 5 saturated heterocycles. The molecule has 10 fully saturated rings. The lowest BCUT2D eigenvalue weighted by molar-refractivity contribution is -0.197. The van der Waals surface area contributed by atoms with E-state index < -0.39 is 80.1 Å². The molecule has 5 aromatic rings. The maximum Gasteiger partial charge on any atom is 0.410 e. The van der Waals surface area contributed by atoms with E-state index in [0.717, 1.165) is 267 Å². The molecule has 5 N–H and O–H groups in total. The molecule has 0 amide bonds. The Morgan fingerprint density at radius 2 is 0.593 bits per heavy atom. The minimum Gasteiger partial charge on any atom is -0.492 e. The van der Waals surface area contributed by atoms with Crippen molar-refractivity contribution in [3.63, 3.8) is 0 Å². The molecule has 36 heteroatoms. The highest BCUT2D eigenvalue weighted by atomic mass is 32.2. The average Bonchev–Trinajstić information content (AvgIpc) is 1.70. The zero-order valence-electron chi connectivity index (χ0n) is 86.9. The van der Waals surface area contributed by atoms with Crippen molar-refractivity contribution in [2.24, 2.45) is 0 Å². The summed E-state index contributed by atoms with van der Waals surface area (Å²) in [4.78, 5) is 11.2. The van der Waals surface area contributed by atoms with Crippen molar-refractivity contribution < 1.29 is 94.0 Å². The van der Waals surface area contributed by atoms with Gasteiger partial charge in [-0.1, -0.05) is 97.4 Å². The Morgan fingerprint density at radius 1 is 0.310 bits per heavy atom. The van der Waals surface area contributed by atoms with Crippen molar-refractivity contribution in [2.45, 2.75) is 352 Å². The second-order valence-electron chi connectivity index (χ2n) is 44.7. The van der Waals surface area contributed by atoms with Gasteiger partial charge in [0.05, 0.1) is 88.6 Å². The molecule has 5 aliphatic carbocycles. The number of rotatable bonds is 10. The predicted octanol–water partition coefficient (Wildman–Crippen LogP) is 14.6. The summed E-state index contributed by atoms with van der Waals surface area (Å²) in [6.07, 6.45) is 34.0. The van der Waals surface area contributed by atoms with Gasteiger partial charge in [-0.15, -0.1) is 0 Å². The molecule has 0 spiro atoms. The molecular formula is C109H166F2N10O19S5. The highest BCUT2D eigenvalue weighted by Gasteiger charge is 2.47. The zero-order chi connectivity index (χ0) is 102. The topological polar surface area (TPSA) is 322 Å². The molecule has 0 aromatic heterocycles. The smallest absolute Gasteiger partial charge is 0.410 e. The van der Waals surface area contributed by atoms with E-state index in [9.17, 15) is 37.9 Å². The first kappa shape index (κ1) is 112. The summed E-state index contributed by atoms with van der Waals surface area (Å²) >= 11 is 0. The maximum absolute atomic E-state index is 15.0. The van der Waals surface area contributed by atoms with E-state index in [0.29, 0.717) is 88.8 Å². The normalized spacial score (nSPS) is 33.1. The number of nitrogens with zero attached hydrogens (tertiary/aromatic N) is 5. The lowest BCUT2D eigenvalue weighted by atomic mass is 9.82. The number of piperidine rings is 3. The van der Waals surface area contributed by atoms with Gasteiger partial charge in [-0.25, -0.2) is 57.3 Å². The number of para-hydroxylation sites is 5. The Hall–Kier alpha value is -5.82. The summed E-state index contributed by atoms with van der Waals surface area (Å²) in [7, 11) is -15.5. The predicted molar refractivity (Wildman–Crippen MR) is 566 cm³/mol. The molecule has 10 bridgehead atoms. The number of halogens is 2. The van der Waals surface area contributed by atoms with Gasteiger partial charge in [0.2, 0.25) is 40.1 Å². The highest BCUT2D eigenvalue weighted by Crippen LogP contribution is 2.47. The first-order chi connectivity index (χ1) is 69.3. The zero-order valence-corrected chi connectivity index (χ0v) is 91.0. The van der Waals surface area contributed by atoms with E-state index in [2.05, 4.69) is 155 Å². The van der Waals surface area contributed by atoms with Gasteiger partial charge in [-0.2, -0.15) is 8.78 Å². The minimum absolute atomic E-state index is 0.0186. The first-order valence-corrected chi connectivity index (χ1v) is 63.9. The number of fused-ring (bicyclic) bond motifs is 25. The molecule has 0 radical (unpaired) electrons. The van der Waals surface area contributed by atoms with Gasteiger partial charge in [-0.05, 0) is 327 Å². The van der Waals surface area contributed by atoms with E-state index in [-0.39, 0.29) is 97.1 Å². The summed E-state index contributed by atoms with van der Waals surface area (Å²) < 4.78 is 215. The molecule has 6 unspecified atom stereocenters. The lowest BCUT2D eigenvalue weighted by Crippen LogP contribution is -2.60. The number of alkyl halides is 2. The van der Waals surface area contributed by atoms with Crippen LogP contribution in [0.25, 0.3) is 0 Å². The molecule has 5 saturated carbocycles. The molecule has 20 aliphatic rings. The third kappa shape index (κ3) is 32.9. The average molecular weight is 2120 g/mol. The molecule has 12 atom stereocenters. The Kier molecular flexibility index (Phi) is 39.2. The van der Waals surface area contributed by atoms with Gasteiger partial charge >= 0.3 is 6.11 Å². The van der Waals surface area contributed by atoms with Gasteiger partial charge in [0, 0.05) is 109 Å². The summed E-state index contributed by atoms with van der Waals surface area (Å²) in [5.41, 5.74) is 5.76. The van der Waals surface area contributed by atoms with Crippen LogP contribution in [0.5, 0.6) is 28.7 Å². The second-order valence-corrected chi connectivity index (χ2v) is 54.1. The highest BCUT2D eigenvalue weighted by molar-refractivity contribution is 7.97. The van der Waals surface area contributed by atoms with Crippen LogP contribution in [0.1, 0.15) is 271 Å². The van der Waals surface area contributed by atoms with Crippen molar-refractivity contribution in [2.75, 3.05) is 143 Å². The van der Waals surface area contributed by atoms with E-state index in [1.165, 1.54) is 41.0 Å². The van der Waals surface area contributed by atoms with Crippen LogP contribution >= 0.6 is 0 Å². The molecule has 29 nitrogen and oxygen atoms in total. The van der Waals surface area contributed by atoms with E-state index in [4.69, 9.17) is 47.4 Å². The minimum atomic E-state index is -3.46. The molecule has 810 valence electrons. The first-order valence-electron chi connectivity index (χ1n) is 54.2. The number of benzene rings is 5. The van der Waals surface area contributed by atoms with Crippen molar-refractivity contribution in [3.05, 3.63) is 149 Å². The van der Waals surface area contributed by atoms with Crippen LogP contribution in [0.2, 0.25) is 0 Å². The quantitative estimate of drug-likeness (QED) is 0.0811. The number of sulfonamides is 4. The standard InChI is InChI=1S/C23H36N2O4S.2C22H34N2O4S.C21H30F2N2O4S.C21H32N2O3S/c1-23(2)16-25-14-6-8-20(24-30(3,26)27)21(25)15-28-18-12-10-17(11-13-18)19-7-4-5-9-22(19)29-23;1-16-14-24-13-5-7-20(23-29(2,25)26)21(24)15-27-18-11-9-17(10-12-18)19-6-3-4-8-22(19)28-16;1-29(25,26)23-20-7-4-5-13-24-14-15-27-22-8-3-2-6-19(22)17-9-11-18(12-10-17)28-16-21(20)24;1-30(26,27)24-18-6-4-12-25-14-21(22,23)29-20-7-3-2-5-17(20)15-8-10-16(11-9-15)28-13-19(18)25;1-27(2,24)22-19-11-12-23-13-14-25-21-6-4-3-5-18(21)16-7-9-17(10-8-16)26-15-20(19)23/h4-5,7,9,17-18,20-21,24H,6,8,10-16H2,1-3H3;3-4,6,8,16-18,20-21,23H,5,7,9-15H2,1-2H3;2-3,6,8,17-18,20-21,23H,4-5,7,9-16H2,1H3;2-3,5,7,15-16,18-19,24H,4,6,8-14H2,1H3;3-6,16-17,19-20H,1,7-15H2,2H3,(H,22,24)/t17?,18?,20-,21?;16-,17?,18?,20-,21?;17?,18?,20-,21?;15?,16?,18-,19?;16?,17?,19-,20?,27?/m00000/s1. The van der Waals surface area contributed by atoms with Crippen molar-refractivity contribution in [3.8, 4) is 28.7 Å².